The molecule has 0 spiro atoms. The summed E-state index contributed by atoms with van der Waals surface area (Å²) in [7, 11) is 0. The first-order valence-electron chi connectivity index (χ1n) is 6.59. The van der Waals surface area contributed by atoms with Gasteiger partial charge in [-0.25, -0.2) is 4.79 Å². The van der Waals surface area contributed by atoms with Crippen LogP contribution in [0.25, 0.3) is 0 Å². The number of carbonyl (C=O) groups excluding carboxylic acids is 2. The standard InChI is InChI=1S/C14H8O2.C4H6O2/c15-13-9-5-1-2-6-10(9)14(16)12-8-4-3-7-11(12)13;1-3(2)4(5)6/h1-8H;1H2,2H3,(H,5,6). The fraction of sp³-hybridized carbons (Fsp3) is 0.0556. The van der Waals surface area contributed by atoms with Gasteiger partial charge in [-0.3, -0.25) is 9.59 Å². The first kappa shape index (κ1) is 15.4. The molecule has 2 aromatic rings. The normalized spacial score (nSPS) is 11.7. The Morgan fingerprint density at radius 2 is 1.05 bits per heavy atom. The SMILES string of the molecule is C=C(C)C(=O)O.O=C1c2ccccc2C(=O)c2ccccc21. The molecular formula is C18H14O4. The summed E-state index contributed by atoms with van der Waals surface area (Å²) in [4.78, 5) is 33.8. The molecule has 0 fully saturated rings. The van der Waals surface area contributed by atoms with Gasteiger partial charge in [0.1, 0.15) is 0 Å². The largest absolute Gasteiger partial charge is 0.478 e. The highest BCUT2D eigenvalue weighted by atomic mass is 16.4. The van der Waals surface area contributed by atoms with E-state index in [9.17, 15) is 14.4 Å². The van der Waals surface area contributed by atoms with Crippen LogP contribution in [0, 0.1) is 0 Å². The van der Waals surface area contributed by atoms with Gasteiger partial charge in [0.2, 0.25) is 0 Å². The number of carbonyl (C=O) groups is 3. The molecule has 3 rings (SSSR count). The summed E-state index contributed by atoms with van der Waals surface area (Å²) in [6.07, 6.45) is 0. The van der Waals surface area contributed by atoms with E-state index < -0.39 is 5.97 Å². The highest BCUT2D eigenvalue weighted by molar-refractivity contribution is 6.28. The molecule has 0 saturated carbocycles. The fourth-order valence-corrected chi connectivity index (χ4v) is 2.05. The Labute approximate surface area is 127 Å². The van der Waals surface area contributed by atoms with Gasteiger partial charge >= 0.3 is 5.97 Å². The number of ketones is 2. The second-order valence-electron chi connectivity index (χ2n) is 4.83. The van der Waals surface area contributed by atoms with Crippen molar-refractivity contribution in [1.82, 2.24) is 0 Å². The van der Waals surface area contributed by atoms with E-state index in [1.54, 1.807) is 48.5 Å². The number of rotatable bonds is 1. The number of aliphatic carboxylic acids is 1. The van der Waals surface area contributed by atoms with Gasteiger partial charge in [0, 0.05) is 27.8 Å². The lowest BCUT2D eigenvalue weighted by Gasteiger charge is -2.16. The van der Waals surface area contributed by atoms with Crippen molar-refractivity contribution in [1.29, 1.82) is 0 Å². The van der Waals surface area contributed by atoms with Gasteiger partial charge in [0.15, 0.2) is 11.6 Å². The highest BCUT2D eigenvalue weighted by Crippen LogP contribution is 2.26. The molecule has 1 aliphatic carbocycles. The minimum atomic E-state index is -0.935. The molecule has 0 aromatic heterocycles. The molecular weight excluding hydrogens is 280 g/mol. The highest BCUT2D eigenvalue weighted by Gasteiger charge is 2.28. The molecule has 0 radical (unpaired) electrons. The summed E-state index contributed by atoms with van der Waals surface area (Å²) in [6.45, 7) is 4.60. The Balaban J connectivity index is 0.000000254. The van der Waals surface area contributed by atoms with Crippen LogP contribution in [0.3, 0.4) is 0 Å². The average molecular weight is 294 g/mol. The van der Waals surface area contributed by atoms with Crippen LogP contribution in [-0.4, -0.2) is 22.6 Å². The van der Waals surface area contributed by atoms with Gasteiger partial charge in [0.05, 0.1) is 0 Å². The van der Waals surface area contributed by atoms with Crippen LogP contribution >= 0.6 is 0 Å². The Morgan fingerprint density at radius 3 is 1.23 bits per heavy atom. The first-order valence-corrected chi connectivity index (χ1v) is 6.59. The van der Waals surface area contributed by atoms with E-state index >= 15 is 0 Å². The third kappa shape index (κ3) is 2.86. The second kappa shape index (κ2) is 6.18. The summed E-state index contributed by atoms with van der Waals surface area (Å²) in [6, 6.07) is 13.9. The third-order valence-electron chi connectivity index (χ3n) is 3.20. The molecule has 0 aliphatic heterocycles. The topological polar surface area (TPSA) is 71.4 Å². The second-order valence-corrected chi connectivity index (χ2v) is 4.83. The van der Waals surface area contributed by atoms with Crippen LogP contribution in [-0.2, 0) is 4.79 Å². The van der Waals surface area contributed by atoms with Gasteiger partial charge in [-0.05, 0) is 6.92 Å². The number of benzene rings is 2. The summed E-state index contributed by atoms with van der Waals surface area (Å²) in [5.41, 5.74) is 2.20. The first-order chi connectivity index (χ1) is 10.4. The van der Waals surface area contributed by atoms with Crippen molar-refractivity contribution in [2.24, 2.45) is 0 Å². The maximum Gasteiger partial charge on any atom is 0.330 e. The summed E-state index contributed by atoms with van der Waals surface area (Å²) >= 11 is 0. The molecule has 22 heavy (non-hydrogen) atoms. The molecule has 0 heterocycles. The smallest absolute Gasteiger partial charge is 0.330 e. The summed E-state index contributed by atoms with van der Waals surface area (Å²) in [5.74, 6) is -1.06. The monoisotopic (exact) mass is 294 g/mol. The maximum absolute atomic E-state index is 12.1. The molecule has 1 N–H and O–H groups in total. The van der Waals surface area contributed by atoms with Crippen LogP contribution in [0.5, 0.6) is 0 Å². The predicted molar refractivity (Wildman–Crippen MR) is 82.2 cm³/mol. The minimum absolute atomic E-state index is 0.0641. The van der Waals surface area contributed by atoms with E-state index in [2.05, 4.69) is 6.58 Å². The van der Waals surface area contributed by atoms with Gasteiger partial charge < -0.3 is 5.11 Å². The van der Waals surface area contributed by atoms with Crippen molar-refractivity contribution in [2.45, 2.75) is 6.92 Å². The van der Waals surface area contributed by atoms with E-state index in [-0.39, 0.29) is 17.1 Å². The number of carboxylic acids is 1. The van der Waals surface area contributed by atoms with E-state index in [1.807, 2.05) is 0 Å². The van der Waals surface area contributed by atoms with Crippen LogP contribution in [0.4, 0.5) is 0 Å². The maximum atomic E-state index is 12.1. The third-order valence-corrected chi connectivity index (χ3v) is 3.20. The number of hydrogen-bond donors (Lipinski definition) is 1. The van der Waals surface area contributed by atoms with Crippen LogP contribution in [0.2, 0.25) is 0 Å². The molecule has 0 atom stereocenters. The van der Waals surface area contributed by atoms with E-state index in [0.29, 0.717) is 22.3 Å². The van der Waals surface area contributed by atoms with Crippen molar-refractivity contribution in [3.8, 4) is 0 Å². The zero-order valence-electron chi connectivity index (χ0n) is 12.0. The van der Waals surface area contributed by atoms with Gasteiger partial charge in [0.25, 0.3) is 0 Å². The number of carboxylic acid groups (broad SMARTS) is 1. The Kier molecular flexibility index (Phi) is 4.32. The molecule has 1 aliphatic rings. The zero-order valence-corrected chi connectivity index (χ0v) is 12.0. The quantitative estimate of drug-likeness (QED) is 0.700. The van der Waals surface area contributed by atoms with Crippen molar-refractivity contribution in [2.75, 3.05) is 0 Å². The number of fused-ring (bicyclic) bond motifs is 2. The van der Waals surface area contributed by atoms with Crippen LogP contribution < -0.4 is 0 Å². The lowest BCUT2D eigenvalue weighted by Crippen LogP contribution is -2.20. The lowest BCUT2D eigenvalue weighted by molar-refractivity contribution is -0.132. The van der Waals surface area contributed by atoms with Crippen LogP contribution in [0.15, 0.2) is 60.7 Å². The Morgan fingerprint density at radius 1 is 0.818 bits per heavy atom. The molecule has 4 heteroatoms. The van der Waals surface area contributed by atoms with Gasteiger partial charge in [-0.1, -0.05) is 55.1 Å². The van der Waals surface area contributed by atoms with E-state index in [0.717, 1.165) is 0 Å². The molecule has 0 bridgehead atoms. The lowest BCUT2D eigenvalue weighted by atomic mass is 9.84. The van der Waals surface area contributed by atoms with E-state index in [4.69, 9.17) is 5.11 Å². The van der Waals surface area contributed by atoms with E-state index in [1.165, 1.54) is 6.92 Å². The zero-order chi connectivity index (χ0) is 16.3. The van der Waals surface area contributed by atoms with Crippen molar-refractivity contribution in [3.05, 3.63) is 82.9 Å². The molecule has 4 nitrogen and oxygen atoms in total. The van der Waals surface area contributed by atoms with Crippen LogP contribution in [0.1, 0.15) is 38.8 Å². The molecule has 110 valence electrons. The molecule has 0 saturated heterocycles. The van der Waals surface area contributed by atoms with Crippen molar-refractivity contribution < 1.29 is 19.5 Å². The molecule has 0 unspecified atom stereocenters. The average Bonchev–Trinajstić information content (AvgIpc) is 2.53. The fourth-order valence-electron chi connectivity index (χ4n) is 2.05. The summed E-state index contributed by atoms with van der Waals surface area (Å²) in [5, 5.41) is 7.89. The Bertz CT molecular complexity index is 670. The number of hydrogen-bond acceptors (Lipinski definition) is 3. The molecule has 2 aromatic carbocycles. The molecule has 0 amide bonds. The van der Waals surface area contributed by atoms with Crippen molar-refractivity contribution in [3.63, 3.8) is 0 Å². The summed E-state index contributed by atoms with van der Waals surface area (Å²) < 4.78 is 0. The minimum Gasteiger partial charge on any atom is -0.478 e. The Hall–Kier alpha value is -3.01. The van der Waals surface area contributed by atoms with Gasteiger partial charge in [-0.15, -0.1) is 0 Å². The predicted octanol–water partition coefficient (Wildman–Crippen LogP) is 3.11. The van der Waals surface area contributed by atoms with Gasteiger partial charge in [-0.2, -0.15) is 0 Å². The van der Waals surface area contributed by atoms with Crippen molar-refractivity contribution >= 4 is 17.5 Å².